The number of aromatic amines is 1. The number of ether oxygens (including phenoxy) is 1. The molecule has 7 nitrogen and oxygen atoms in total. The van der Waals surface area contributed by atoms with Crippen LogP contribution >= 0.6 is 12.4 Å². The first-order valence-electron chi connectivity index (χ1n) is 5.48. The monoisotopic (exact) mass is 285 g/mol. The molecule has 1 amide bonds. The van der Waals surface area contributed by atoms with Gasteiger partial charge in [0.05, 0.1) is 18.5 Å². The number of pyridine rings is 1. The average Bonchev–Trinajstić information content (AvgIpc) is 2.71. The van der Waals surface area contributed by atoms with E-state index in [1.54, 1.807) is 12.3 Å². The third kappa shape index (κ3) is 3.40. The number of nitrogens with one attached hydrogen (secondary N) is 2. The van der Waals surface area contributed by atoms with Crippen LogP contribution in [-0.2, 0) is 9.53 Å². The van der Waals surface area contributed by atoms with Gasteiger partial charge in [0.25, 0.3) is 0 Å². The van der Waals surface area contributed by atoms with Crippen molar-refractivity contribution in [2.45, 2.75) is 13.0 Å². The molecule has 104 valence electrons. The molecule has 8 heteroatoms. The zero-order valence-corrected chi connectivity index (χ0v) is 11.5. The summed E-state index contributed by atoms with van der Waals surface area (Å²) in [5.41, 5.74) is 7.72. The van der Waals surface area contributed by atoms with Crippen LogP contribution in [0.15, 0.2) is 12.3 Å². The Bertz CT molecular complexity index is 571. The Kier molecular flexibility index (Phi) is 5.22. The van der Waals surface area contributed by atoms with E-state index in [2.05, 4.69) is 20.5 Å². The van der Waals surface area contributed by atoms with E-state index in [-0.39, 0.29) is 24.9 Å². The second-order valence-corrected chi connectivity index (χ2v) is 3.99. The highest BCUT2D eigenvalue weighted by molar-refractivity contribution is 5.96. The zero-order valence-electron chi connectivity index (χ0n) is 10.6. The van der Waals surface area contributed by atoms with Crippen molar-refractivity contribution in [3.05, 3.63) is 18.0 Å². The highest BCUT2D eigenvalue weighted by Crippen LogP contribution is 2.17. The van der Waals surface area contributed by atoms with Gasteiger partial charge in [0.1, 0.15) is 6.04 Å². The molecule has 0 saturated heterocycles. The van der Waals surface area contributed by atoms with Gasteiger partial charge in [-0.2, -0.15) is 5.10 Å². The van der Waals surface area contributed by atoms with E-state index in [0.717, 1.165) is 11.1 Å². The zero-order chi connectivity index (χ0) is 13.1. The Morgan fingerprint density at radius 3 is 3.05 bits per heavy atom. The fourth-order valence-corrected chi connectivity index (χ4v) is 1.58. The summed E-state index contributed by atoms with van der Waals surface area (Å²) in [6.07, 6.45) is 1.54. The second kappa shape index (κ2) is 6.46. The van der Waals surface area contributed by atoms with Crippen molar-refractivity contribution in [2.75, 3.05) is 19.0 Å². The van der Waals surface area contributed by atoms with Gasteiger partial charge < -0.3 is 15.8 Å². The van der Waals surface area contributed by atoms with Crippen molar-refractivity contribution in [1.82, 2.24) is 15.2 Å². The van der Waals surface area contributed by atoms with Crippen LogP contribution in [0.2, 0.25) is 0 Å². The van der Waals surface area contributed by atoms with Crippen molar-refractivity contribution >= 4 is 35.0 Å². The van der Waals surface area contributed by atoms with Crippen molar-refractivity contribution in [1.29, 1.82) is 0 Å². The number of rotatable bonds is 4. The molecule has 0 aliphatic rings. The number of nitrogens with zero attached hydrogens (tertiary/aromatic N) is 2. The van der Waals surface area contributed by atoms with Crippen molar-refractivity contribution in [3.8, 4) is 0 Å². The van der Waals surface area contributed by atoms with Gasteiger partial charge in [-0.3, -0.25) is 9.89 Å². The molecule has 0 bridgehead atoms. The molecule has 0 radical (unpaired) electrons. The minimum atomic E-state index is -0.698. The van der Waals surface area contributed by atoms with Crippen LogP contribution in [0.3, 0.4) is 0 Å². The molecule has 2 aromatic heterocycles. The van der Waals surface area contributed by atoms with Crippen LogP contribution in [0.4, 0.5) is 5.69 Å². The topological polar surface area (TPSA) is 106 Å². The van der Waals surface area contributed by atoms with Gasteiger partial charge in [0.15, 0.2) is 5.65 Å². The third-order valence-electron chi connectivity index (χ3n) is 2.55. The lowest BCUT2D eigenvalue weighted by Gasteiger charge is -2.10. The molecular formula is C11H16ClN5O2. The first kappa shape index (κ1) is 15.4. The van der Waals surface area contributed by atoms with Crippen LogP contribution in [0.1, 0.15) is 5.69 Å². The van der Waals surface area contributed by atoms with E-state index in [0.29, 0.717) is 11.3 Å². The highest BCUT2D eigenvalue weighted by Gasteiger charge is 2.14. The predicted molar refractivity (Wildman–Crippen MR) is 74.4 cm³/mol. The Hall–Kier alpha value is -1.70. The second-order valence-electron chi connectivity index (χ2n) is 3.99. The van der Waals surface area contributed by atoms with E-state index < -0.39 is 6.04 Å². The van der Waals surface area contributed by atoms with Crippen LogP contribution in [0, 0.1) is 6.92 Å². The molecule has 2 heterocycles. The van der Waals surface area contributed by atoms with Gasteiger partial charge in [-0.1, -0.05) is 0 Å². The largest absolute Gasteiger partial charge is 0.383 e. The number of amides is 1. The summed E-state index contributed by atoms with van der Waals surface area (Å²) in [6.45, 7) is 2.06. The average molecular weight is 286 g/mol. The number of anilines is 1. The molecule has 1 unspecified atom stereocenters. The maximum Gasteiger partial charge on any atom is 0.243 e. The number of H-pyrrole nitrogens is 1. The molecule has 0 fully saturated rings. The molecule has 2 aromatic rings. The number of hydrogen-bond donors (Lipinski definition) is 3. The van der Waals surface area contributed by atoms with Gasteiger partial charge in [-0.05, 0) is 13.0 Å². The molecule has 4 N–H and O–H groups in total. The number of carbonyl (C=O) groups is 1. The Balaban J connectivity index is 0.00000180. The standard InChI is InChI=1S/C11H15N5O2.ClH/c1-6-8-3-7(4-13-10(8)16-15-6)14-11(17)9(12)5-18-2;/h3-4,9H,5,12H2,1-2H3,(H,14,17)(H,13,15,16);1H. The number of halogens is 1. The van der Waals surface area contributed by atoms with E-state index in [4.69, 9.17) is 10.5 Å². The fourth-order valence-electron chi connectivity index (χ4n) is 1.58. The van der Waals surface area contributed by atoms with Gasteiger partial charge >= 0.3 is 0 Å². The van der Waals surface area contributed by atoms with Gasteiger partial charge in [0.2, 0.25) is 5.91 Å². The summed E-state index contributed by atoms with van der Waals surface area (Å²) in [4.78, 5) is 15.8. The maximum absolute atomic E-state index is 11.7. The van der Waals surface area contributed by atoms with Gasteiger partial charge in [-0.25, -0.2) is 4.98 Å². The normalized spacial score (nSPS) is 11.9. The molecule has 2 rings (SSSR count). The molecule has 0 saturated carbocycles. The fraction of sp³-hybridized carbons (Fsp3) is 0.364. The number of methoxy groups -OCH3 is 1. The lowest BCUT2D eigenvalue weighted by molar-refractivity contribution is -0.118. The summed E-state index contributed by atoms with van der Waals surface area (Å²) in [5.74, 6) is -0.306. The molecule has 0 aromatic carbocycles. The van der Waals surface area contributed by atoms with Gasteiger partial charge in [-0.15, -0.1) is 12.4 Å². The number of nitrogens with two attached hydrogens (primary N) is 1. The van der Waals surface area contributed by atoms with Crippen LogP contribution in [0.25, 0.3) is 11.0 Å². The Labute approximate surface area is 116 Å². The number of hydrogen-bond acceptors (Lipinski definition) is 5. The lowest BCUT2D eigenvalue weighted by atomic mass is 10.2. The molecule has 0 aliphatic heterocycles. The molecule has 1 atom stereocenters. The number of aryl methyl sites for hydroxylation is 1. The lowest BCUT2D eigenvalue weighted by Crippen LogP contribution is -2.39. The quantitative estimate of drug-likeness (QED) is 0.763. The Morgan fingerprint density at radius 1 is 1.63 bits per heavy atom. The Morgan fingerprint density at radius 2 is 2.37 bits per heavy atom. The van der Waals surface area contributed by atoms with Crippen molar-refractivity contribution < 1.29 is 9.53 Å². The van der Waals surface area contributed by atoms with E-state index in [1.807, 2.05) is 6.92 Å². The van der Waals surface area contributed by atoms with Crippen molar-refractivity contribution in [3.63, 3.8) is 0 Å². The summed E-state index contributed by atoms with van der Waals surface area (Å²) in [5, 5.41) is 10.4. The molecule has 0 spiro atoms. The minimum Gasteiger partial charge on any atom is -0.383 e. The summed E-state index contributed by atoms with van der Waals surface area (Å²) >= 11 is 0. The summed E-state index contributed by atoms with van der Waals surface area (Å²) in [7, 11) is 1.50. The van der Waals surface area contributed by atoms with Crippen LogP contribution in [0.5, 0.6) is 0 Å². The molecule has 19 heavy (non-hydrogen) atoms. The number of carbonyl (C=O) groups excluding carboxylic acids is 1. The SMILES string of the molecule is COCC(N)C(=O)Nc1cnc2n[nH]c(C)c2c1.Cl. The number of aromatic nitrogens is 3. The summed E-state index contributed by atoms with van der Waals surface area (Å²) < 4.78 is 4.82. The third-order valence-corrected chi connectivity index (χ3v) is 2.55. The molecular weight excluding hydrogens is 270 g/mol. The predicted octanol–water partition coefficient (Wildman–Crippen LogP) is 0.600. The minimum absolute atomic E-state index is 0. The van der Waals surface area contributed by atoms with Crippen LogP contribution < -0.4 is 11.1 Å². The van der Waals surface area contributed by atoms with Crippen LogP contribution in [-0.4, -0.2) is 40.8 Å². The van der Waals surface area contributed by atoms with Gasteiger partial charge in [0, 0.05) is 18.2 Å². The smallest absolute Gasteiger partial charge is 0.243 e. The molecule has 0 aliphatic carbocycles. The first-order valence-corrected chi connectivity index (χ1v) is 5.48. The number of fused-ring (bicyclic) bond motifs is 1. The van der Waals surface area contributed by atoms with E-state index >= 15 is 0 Å². The summed E-state index contributed by atoms with van der Waals surface area (Å²) in [6, 6.07) is 1.11. The maximum atomic E-state index is 11.7. The first-order chi connectivity index (χ1) is 8.61. The van der Waals surface area contributed by atoms with Crippen molar-refractivity contribution in [2.24, 2.45) is 5.73 Å². The van der Waals surface area contributed by atoms with E-state index in [1.165, 1.54) is 7.11 Å². The highest BCUT2D eigenvalue weighted by atomic mass is 35.5. The van der Waals surface area contributed by atoms with E-state index in [9.17, 15) is 4.79 Å².